The maximum absolute atomic E-state index is 13.1. The van der Waals surface area contributed by atoms with E-state index in [4.69, 9.17) is 0 Å². The van der Waals surface area contributed by atoms with Crippen LogP contribution in [0.4, 0.5) is 5.69 Å². The molecule has 4 heterocycles. The van der Waals surface area contributed by atoms with Crippen LogP contribution in [0.2, 0.25) is 0 Å². The van der Waals surface area contributed by atoms with Gasteiger partial charge < -0.3 is 20.1 Å². The monoisotopic (exact) mass is 412 g/mol. The van der Waals surface area contributed by atoms with Crippen LogP contribution in [-0.2, 0) is 10.3 Å². The van der Waals surface area contributed by atoms with Crippen molar-refractivity contribution < 1.29 is 9.59 Å². The van der Waals surface area contributed by atoms with E-state index in [9.17, 15) is 9.59 Å². The molecule has 2 aromatic carbocycles. The van der Waals surface area contributed by atoms with Crippen LogP contribution in [-0.4, -0.2) is 34.4 Å². The van der Waals surface area contributed by atoms with Crippen molar-refractivity contribution in [3.05, 3.63) is 83.7 Å². The number of hydrogen-bond donors (Lipinski definition) is 2. The summed E-state index contributed by atoms with van der Waals surface area (Å²) >= 11 is 0. The van der Waals surface area contributed by atoms with Gasteiger partial charge in [0.2, 0.25) is 5.91 Å². The Kier molecular flexibility index (Phi) is 3.96. The molecule has 1 saturated heterocycles. The van der Waals surface area contributed by atoms with Crippen LogP contribution in [0.15, 0.2) is 66.9 Å². The summed E-state index contributed by atoms with van der Waals surface area (Å²) in [7, 11) is 0. The van der Waals surface area contributed by atoms with Crippen molar-refractivity contribution in [2.45, 2.75) is 30.8 Å². The van der Waals surface area contributed by atoms with Gasteiger partial charge in [0.05, 0.1) is 29.4 Å². The van der Waals surface area contributed by atoms with Gasteiger partial charge in [-0.15, -0.1) is 0 Å². The average Bonchev–Trinajstić information content (AvgIpc) is 3.41. The molecule has 6 rings (SSSR count). The third kappa shape index (κ3) is 2.78. The summed E-state index contributed by atoms with van der Waals surface area (Å²) in [6.07, 6.45) is 4.13. The molecule has 1 fully saturated rings. The molecule has 1 aromatic heterocycles. The highest BCUT2D eigenvalue weighted by Crippen LogP contribution is 2.43. The van der Waals surface area contributed by atoms with Crippen molar-refractivity contribution in [1.82, 2.24) is 14.8 Å². The summed E-state index contributed by atoms with van der Waals surface area (Å²) in [5, 5.41) is 6.75. The van der Waals surface area contributed by atoms with Gasteiger partial charge in [-0.05, 0) is 48.7 Å². The number of hydrogen-bond acceptors (Lipinski definition) is 3. The van der Waals surface area contributed by atoms with Gasteiger partial charge in [0.15, 0.2) is 0 Å². The summed E-state index contributed by atoms with van der Waals surface area (Å²) in [5.74, 6) is 0.0141. The van der Waals surface area contributed by atoms with Crippen molar-refractivity contribution in [2.24, 2.45) is 0 Å². The van der Waals surface area contributed by atoms with Crippen LogP contribution in [0.1, 0.15) is 46.9 Å². The third-order valence-electron chi connectivity index (χ3n) is 7.01. The molecular formula is C25H24N4O2. The first-order valence-corrected chi connectivity index (χ1v) is 10.9. The van der Waals surface area contributed by atoms with Gasteiger partial charge in [0.1, 0.15) is 0 Å². The minimum atomic E-state index is -0.232. The number of carbonyl (C=O) groups excluding carboxylic acids is 2. The van der Waals surface area contributed by atoms with Crippen LogP contribution >= 0.6 is 0 Å². The molecule has 2 amide bonds. The highest BCUT2D eigenvalue weighted by atomic mass is 16.2. The molecule has 3 aliphatic rings. The number of fused-ring (bicyclic) bond motifs is 5. The van der Waals surface area contributed by atoms with Crippen LogP contribution in [0.5, 0.6) is 0 Å². The van der Waals surface area contributed by atoms with Crippen molar-refractivity contribution in [1.29, 1.82) is 0 Å². The molecule has 3 aliphatic heterocycles. The zero-order valence-electron chi connectivity index (χ0n) is 17.2. The van der Waals surface area contributed by atoms with E-state index in [1.165, 1.54) is 11.4 Å². The number of nitrogens with zero attached hydrogens (tertiary/aromatic N) is 2. The molecule has 0 aliphatic carbocycles. The molecule has 6 heteroatoms. The summed E-state index contributed by atoms with van der Waals surface area (Å²) in [6, 6.07) is 20.0. The Morgan fingerprint density at radius 1 is 1.00 bits per heavy atom. The maximum atomic E-state index is 13.1. The number of carbonyl (C=O) groups is 2. The fraction of sp³-hybridized carbons (Fsp3) is 0.280. The second-order valence-corrected chi connectivity index (χ2v) is 8.69. The van der Waals surface area contributed by atoms with E-state index in [0.717, 1.165) is 24.1 Å². The Morgan fingerprint density at radius 2 is 1.77 bits per heavy atom. The first kappa shape index (κ1) is 18.2. The van der Waals surface area contributed by atoms with Gasteiger partial charge in [-0.25, -0.2) is 0 Å². The molecule has 31 heavy (non-hydrogen) atoms. The Morgan fingerprint density at radius 3 is 2.65 bits per heavy atom. The lowest BCUT2D eigenvalue weighted by Crippen LogP contribution is -2.51. The fourth-order valence-electron chi connectivity index (χ4n) is 5.40. The number of para-hydroxylation sites is 2. The zero-order valence-corrected chi connectivity index (χ0v) is 17.2. The SMILES string of the molecule is O=C1NC(CC(=O)N2CCC3(CC2)Nc2ccccc2-n2cccc23)c2ccccc21. The van der Waals surface area contributed by atoms with Crippen LogP contribution in [0.25, 0.3) is 5.69 Å². The topological polar surface area (TPSA) is 66.4 Å². The highest BCUT2D eigenvalue weighted by molar-refractivity contribution is 5.99. The van der Waals surface area contributed by atoms with E-state index < -0.39 is 0 Å². The zero-order chi connectivity index (χ0) is 21.0. The van der Waals surface area contributed by atoms with Crippen molar-refractivity contribution in [2.75, 3.05) is 18.4 Å². The minimum Gasteiger partial charge on any atom is -0.372 e. The Labute approximate surface area is 180 Å². The molecule has 0 saturated carbocycles. The molecule has 1 unspecified atom stereocenters. The number of rotatable bonds is 2. The largest absolute Gasteiger partial charge is 0.372 e. The van der Waals surface area contributed by atoms with Gasteiger partial charge in [0.25, 0.3) is 5.91 Å². The molecule has 1 spiro atoms. The number of aromatic nitrogens is 1. The standard InChI is InChI=1S/C25H24N4O2/c30-23(16-20-17-6-1-2-7-18(17)24(31)26-20)28-14-11-25(12-15-28)22-10-5-13-29(22)21-9-4-3-8-19(21)27-25/h1-10,13,20,27H,11-12,14-16H2,(H,26,31). The van der Waals surface area contributed by atoms with Gasteiger partial charge in [0, 0.05) is 30.5 Å². The van der Waals surface area contributed by atoms with E-state index in [0.29, 0.717) is 25.1 Å². The summed E-state index contributed by atoms with van der Waals surface area (Å²) in [4.78, 5) is 27.2. The number of likely N-dealkylation sites (tertiary alicyclic amines) is 1. The smallest absolute Gasteiger partial charge is 0.252 e. The Hall–Kier alpha value is -3.54. The molecule has 156 valence electrons. The lowest BCUT2D eigenvalue weighted by molar-refractivity contribution is -0.133. The van der Waals surface area contributed by atoms with Crippen LogP contribution in [0, 0.1) is 0 Å². The molecular weight excluding hydrogens is 388 g/mol. The number of anilines is 1. The lowest BCUT2D eigenvalue weighted by atomic mass is 9.82. The lowest BCUT2D eigenvalue weighted by Gasteiger charge is -2.46. The predicted octanol–water partition coefficient (Wildman–Crippen LogP) is 3.60. The van der Waals surface area contributed by atoms with Crippen molar-refractivity contribution >= 4 is 17.5 Å². The predicted molar refractivity (Wildman–Crippen MR) is 118 cm³/mol. The first-order chi connectivity index (χ1) is 15.1. The van der Waals surface area contributed by atoms with E-state index in [2.05, 4.69) is 57.8 Å². The highest BCUT2D eigenvalue weighted by Gasteiger charge is 2.42. The Bertz CT molecular complexity index is 1190. The number of nitrogens with one attached hydrogen (secondary N) is 2. The molecule has 6 nitrogen and oxygen atoms in total. The second-order valence-electron chi connectivity index (χ2n) is 8.69. The summed E-state index contributed by atoms with van der Waals surface area (Å²) in [6.45, 7) is 1.39. The van der Waals surface area contributed by atoms with Crippen LogP contribution in [0.3, 0.4) is 0 Å². The van der Waals surface area contributed by atoms with Crippen molar-refractivity contribution in [3.8, 4) is 5.69 Å². The molecule has 0 radical (unpaired) electrons. The minimum absolute atomic E-state index is 0.0863. The molecule has 3 aromatic rings. The van der Waals surface area contributed by atoms with E-state index in [1.807, 2.05) is 29.2 Å². The number of benzene rings is 2. The molecule has 2 N–H and O–H groups in total. The van der Waals surface area contributed by atoms with E-state index in [-0.39, 0.29) is 23.4 Å². The van der Waals surface area contributed by atoms with Crippen LogP contribution < -0.4 is 10.6 Å². The van der Waals surface area contributed by atoms with Gasteiger partial charge in [-0.1, -0.05) is 30.3 Å². The van der Waals surface area contributed by atoms with E-state index in [1.54, 1.807) is 0 Å². The average molecular weight is 412 g/mol. The fourth-order valence-corrected chi connectivity index (χ4v) is 5.40. The quantitative estimate of drug-likeness (QED) is 0.676. The van der Waals surface area contributed by atoms with Gasteiger partial charge in [-0.2, -0.15) is 0 Å². The third-order valence-corrected chi connectivity index (χ3v) is 7.01. The van der Waals surface area contributed by atoms with Gasteiger partial charge >= 0.3 is 0 Å². The molecule has 0 bridgehead atoms. The first-order valence-electron chi connectivity index (χ1n) is 10.9. The van der Waals surface area contributed by atoms with Crippen molar-refractivity contribution in [3.63, 3.8) is 0 Å². The number of amides is 2. The maximum Gasteiger partial charge on any atom is 0.252 e. The Balaban J connectivity index is 1.19. The van der Waals surface area contributed by atoms with Gasteiger partial charge in [-0.3, -0.25) is 9.59 Å². The summed E-state index contributed by atoms with van der Waals surface area (Å²) < 4.78 is 2.27. The van der Waals surface area contributed by atoms with E-state index >= 15 is 0 Å². The molecule has 1 atom stereocenters. The second kappa shape index (κ2) is 6.74. The summed E-state index contributed by atoms with van der Waals surface area (Å²) in [5.41, 5.74) is 5.01. The normalized spacial score (nSPS) is 20.5. The number of piperidine rings is 1.